The number of nitrogen functional groups attached to an aromatic ring is 1. The minimum atomic E-state index is -3.50. The van der Waals surface area contributed by atoms with Crippen molar-refractivity contribution in [1.82, 2.24) is 4.72 Å². The normalized spacial score (nSPS) is 23.1. The van der Waals surface area contributed by atoms with E-state index >= 15 is 0 Å². The molecule has 112 valence electrons. The third-order valence-electron chi connectivity index (χ3n) is 3.88. The maximum atomic E-state index is 12.2. The molecule has 0 spiro atoms. The van der Waals surface area contributed by atoms with Gasteiger partial charge in [0.1, 0.15) is 0 Å². The van der Waals surface area contributed by atoms with Gasteiger partial charge in [0.15, 0.2) is 0 Å². The molecule has 0 aromatic heterocycles. The lowest BCUT2D eigenvalue weighted by atomic mass is 10.0. The van der Waals surface area contributed by atoms with Crippen LogP contribution in [0.2, 0.25) is 0 Å². The maximum Gasteiger partial charge on any atom is 0.240 e. The summed E-state index contributed by atoms with van der Waals surface area (Å²) in [5, 5.41) is 0. The van der Waals surface area contributed by atoms with Crippen molar-refractivity contribution in [2.75, 3.05) is 18.9 Å². The summed E-state index contributed by atoms with van der Waals surface area (Å²) in [6.07, 6.45) is 1.78. The van der Waals surface area contributed by atoms with E-state index in [-0.39, 0.29) is 16.9 Å². The second-order valence-electron chi connectivity index (χ2n) is 5.19. The minimum absolute atomic E-state index is 0.102. The summed E-state index contributed by atoms with van der Waals surface area (Å²) in [5.41, 5.74) is 7.34. The minimum Gasteiger partial charge on any atom is -0.398 e. The zero-order chi connectivity index (χ0) is 14.8. The summed E-state index contributed by atoms with van der Waals surface area (Å²) < 4.78 is 32.6. The predicted octanol–water partition coefficient (Wildman–Crippen LogP) is 1.53. The number of hydrogen-bond donors (Lipinski definition) is 2. The Bertz CT molecular complexity index is 572. The van der Waals surface area contributed by atoms with Gasteiger partial charge in [-0.3, -0.25) is 0 Å². The molecule has 5 nitrogen and oxygen atoms in total. The quantitative estimate of drug-likeness (QED) is 0.808. The Hall–Kier alpha value is -1.11. The van der Waals surface area contributed by atoms with E-state index in [0.29, 0.717) is 18.8 Å². The van der Waals surface area contributed by atoms with Crippen LogP contribution in [0.3, 0.4) is 0 Å². The van der Waals surface area contributed by atoms with E-state index in [2.05, 4.69) is 4.72 Å². The molecular weight excluding hydrogens is 276 g/mol. The highest BCUT2D eigenvalue weighted by Gasteiger charge is 2.26. The Morgan fingerprint density at radius 1 is 1.45 bits per heavy atom. The van der Waals surface area contributed by atoms with Gasteiger partial charge in [0.05, 0.1) is 11.0 Å². The highest BCUT2D eigenvalue weighted by atomic mass is 32.2. The number of benzene rings is 1. The molecular formula is C14H22N2O3S. The fourth-order valence-corrected chi connectivity index (χ4v) is 3.54. The van der Waals surface area contributed by atoms with Crippen LogP contribution in [0.15, 0.2) is 23.1 Å². The van der Waals surface area contributed by atoms with Gasteiger partial charge in [-0.15, -0.1) is 0 Å². The molecule has 1 saturated heterocycles. The molecule has 0 bridgehead atoms. The third kappa shape index (κ3) is 3.31. The first-order valence-electron chi connectivity index (χ1n) is 6.93. The van der Waals surface area contributed by atoms with Crippen LogP contribution in [0.4, 0.5) is 5.69 Å². The molecule has 6 heteroatoms. The van der Waals surface area contributed by atoms with E-state index in [0.717, 1.165) is 18.4 Å². The number of nitrogens with one attached hydrogen (secondary N) is 1. The molecule has 0 saturated carbocycles. The van der Waals surface area contributed by atoms with Crippen molar-refractivity contribution in [2.45, 2.75) is 37.7 Å². The van der Waals surface area contributed by atoms with Gasteiger partial charge in [0.2, 0.25) is 10.0 Å². The number of anilines is 1. The Morgan fingerprint density at radius 2 is 2.20 bits per heavy atom. The smallest absolute Gasteiger partial charge is 0.240 e. The van der Waals surface area contributed by atoms with E-state index in [4.69, 9.17) is 10.5 Å². The fourth-order valence-electron chi connectivity index (χ4n) is 2.41. The monoisotopic (exact) mass is 298 g/mol. The first kappa shape index (κ1) is 15.3. The van der Waals surface area contributed by atoms with Gasteiger partial charge < -0.3 is 10.5 Å². The summed E-state index contributed by atoms with van der Waals surface area (Å²) in [7, 11) is -3.50. The van der Waals surface area contributed by atoms with Crippen molar-refractivity contribution in [2.24, 2.45) is 5.92 Å². The first-order valence-corrected chi connectivity index (χ1v) is 8.42. The van der Waals surface area contributed by atoms with Crippen LogP contribution in [0, 0.1) is 5.92 Å². The summed E-state index contributed by atoms with van der Waals surface area (Å²) in [4.78, 5) is 0.221. The molecule has 2 atom stereocenters. The molecule has 2 unspecified atom stereocenters. The Balaban J connectivity index is 2.08. The van der Waals surface area contributed by atoms with Gasteiger partial charge >= 0.3 is 0 Å². The van der Waals surface area contributed by atoms with E-state index < -0.39 is 10.0 Å². The molecule has 1 aromatic carbocycles. The highest BCUT2D eigenvalue weighted by Crippen LogP contribution is 2.21. The van der Waals surface area contributed by atoms with Gasteiger partial charge in [0.25, 0.3) is 0 Å². The molecule has 20 heavy (non-hydrogen) atoms. The van der Waals surface area contributed by atoms with Crippen molar-refractivity contribution in [3.63, 3.8) is 0 Å². The number of ether oxygens (including phenoxy) is 1. The van der Waals surface area contributed by atoms with Crippen molar-refractivity contribution >= 4 is 15.7 Å². The molecule has 1 aliphatic rings. The van der Waals surface area contributed by atoms with Crippen molar-refractivity contribution in [1.29, 1.82) is 0 Å². The van der Waals surface area contributed by atoms with E-state index in [1.165, 1.54) is 6.07 Å². The summed E-state index contributed by atoms with van der Waals surface area (Å²) >= 11 is 0. The molecule has 1 aliphatic heterocycles. The standard InChI is InChI=1S/C14H22N2O3S/c1-3-11-4-5-13(8-14(11)15)20(17,18)16-9-12-6-7-19-10(12)2/h4-5,8,10,12,16H,3,6-7,9,15H2,1-2H3. The van der Waals surface area contributed by atoms with E-state index in [9.17, 15) is 8.42 Å². The molecule has 0 aliphatic carbocycles. The summed E-state index contributed by atoms with van der Waals surface area (Å²) in [6, 6.07) is 4.90. The third-order valence-corrected chi connectivity index (χ3v) is 5.30. The van der Waals surface area contributed by atoms with E-state index in [1.807, 2.05) is 13.8 Å². The zero-order valence-corrected chi connectivity index (χ0v) is 12.7. The Morgan fingerprint density at radius 3 is 2.75 bits per heavy atom. The van der Waals surface area contributed by atoms with E-state index in [1.54, 1.807) is 12.1 Å². The van der Waals surface area contributed by atoms with Crippen LogP contribution in [-0.4, -0.2) is 27.7 Å². The lowest BCUT2D eigenvalue weighted by Gasteiger charge is -2.15. The fraction of sp³-hybridized carbons (Fsp3) is 0.571. The molecule has 2 rings (SSSR count). The lowest BCUT2D eigenvalue weighted by Crippen LogP contribution is -2.32. The van der Waals surface area contributed by atoms with Gasteiger partial charge in [-0.25, -0.2) is 13.1 Å². The molecule has 3 N–H and O–H groups in total. The topological polar surface area (TPSA) is 81.4 Å². The molecule has 0 amide bonds. The van der Waals surface area contributed by atoms with Crippen LogP contribution in [-0.2, 0) is 21.2 Å². The van der Waals surface area contributed by atoms with Gasteiger partial charge in [-0.2, -0.15) is 0 Å². The number of sulfonamides is 1. The Kier molecular flexibility index (Phi) is 4.67. The largest absolute Gasteiger partial charge is 0.398 e. The second-order valence-corrected chi connectivity index (χ2v) is 6.96. The van der Waals surface area contributed by atoms with Gasteiger partial charge in [-0.05, 0) is 37.5 Å². The average molecular weight is 298 g/mol. The van der Waals surface area contributed by atoms with Crippen LogP contribution >= 0.6 is 0 Å². The predicted molar refractivity (Wildman–Crippen MR) is 78.9 cm³/mol. The van der Waals surface area contributed by atoms with Gasteiger partial charge in [-0.1, -0.05) is 13.0 Å². The number of nitrogens with two attached hydrogens (primary N) is 1. The van der Waals surface area contributed by atoms with Crippen molar-refractivity contribution in [3.8, 4) is 0 Å². The maximum absolute atomic E-state index is 12.2. The average Bonchev–Trinajstić information content (AvgIpc) is 2.82. The van der Waals surface area contributed by atoms with Crippen LogP contribution in [0.5, 0.6) is 0 Å². The first-order chi connectivity index (χ1) is 9.44. The van der Waals surface area contributed by atoms with Crippen LogP contribution in [0.1, 0.15) is 25.8 Å². The van der Waals surface area contributed by atoms with Crippen molar-refractivity contribution in [3.05, 3.63) is 23.8 Å². The van der Waals surface area contributed by atoms with Crippen LogP contribution in [0.25, 0.3) is 0 Å². The lowest BCUT2D eigenvalue weighted by molar-refractivity contribution is 0.107. The molecule has 1 fully saturated rings. The SMILES string of the molecule is CCc1ccc(S(=O)(=O)NCC2CCOC2C)cc1N. The van der Waals surface area contributed by atoms with Crippen molar-refractivity contribution < 1.29 is 13.2 Å². The second kappa shape index (κ2) is 6.11. The van der Waals surface area contributed by atoms with Crippen LogP contribution < -0.4 is 10.5 Å². The summed E-state index contributed by atoms with van der Waals surface area (Å²) in [5.74, 6) is 0.233. The molecule has 0 radical (unpaired) electrons. The molecule has 1 heterocycles. The van der Waals surface area contributed by atoms with Gasteiger partial charge in [0, 0.05) is 24.8 Å². The Labute approximate surface area is 120 Å². The number of hydrogen-bond acceptors (Lipinski definition) is 4. The number of aryl methyl sites for hydroxylation is 1. The zero-order valence-electron chi connectivity index (χ0n) is 11.9. The number of rotatable bonds is 5. The molecule has 1 aromatic rings. The summed E-state index contributed by atoms with van der Waals surface area (Å²) in [6.45, 7) is 5.06. The highest BCUT2D eigenvalue weighted by molar-refractivity contribution is 7.89.